The molecule has 0 unspecified atom stereocenters. The number of carbonyl (C=O) groups excluding carboxylic acids is 1. The van der Waals surface area contributed by atoms with Gasteiger partial charge < -0.3 is 14.5 Å². The first-order valence-corrected chi connectivity index (χ1v) is 7.42. The van der Waals surface area contributed by atoms with Crippen molar-refractivity contribution in [3.05, 3.63) is 66.6 Å². The average Bonchev–Trinajstić information content (AvgIpc) is 3.17. The highest BCUT2D eigenvalue weighted by atomic mass is 16.5. The zero-order valence-corrected chi connectivity index (χ0v) is 13.4. The number of aromatic nitrogens is 2. The first-order valence-electron chi connectivity index (χ1n) is 7.42. The van der Waals surface area contributed by atoms with Crippen molar-refractivity contribution in [1.82, 2.24) is 10.2 Å². The number of amides is 1. The molecule has 0 saturated carbocycles. The van der Waals surface area contributed by atoms with Crippen LogP contribution in [0.5, 0.6) is 0 Å². The van der Waals surface area contributed by atoms with Crippen LogP contribution in [0.15, 0.2) is 65.4 Å². The van der Waals surface area contributed by atoms with Gasteiger partial charge in [-0.25, -0.2) is 0 Å². The summed E-state index contributed by atoms with van der Waals surface area (Å²) in [6.45, 7) is 1.74. The first kappa shape index (κ1) is 15.9. The number of rotatable bonds is 5. The molecule has 0 bridgehead atoms. The molecule has 0 radical (unpaired) electrons. The van der Waals surface area contributed by atoms with Gasteiger partial charge in [-0.3, -0.25) is 4.79 Å². The van der Waals surface area contributed by atoms with Crippen molar-refractivity contribution in [3.63, 3.8) is 0 Å². The van der Waals surface area contributed by atoms with E-state index in [1.165, 1.54) is 13.5 Å². The number of hydrogen-bond donors (Lipinski definition) is 1. The molecule has 1 amide bonds. The molecule has 24 heavy (non-hydrogen) atoms. The molecule has 0 fully saturated rings. The van der Waals surface area contributed by atoms with Crippen LogP contribution in [0.2, 0.25) is 0 Å². The quantitative estimate of drug-likeness (QED) is 0.780. The van der Waals surface area contributed by atoms with Crippen LogP contribution >= 0.6 is 0 Å². The second kappa shape index (κ2) is 6.64. The average molecular weight is 323 g/mol. The Morgan fingerprint density at radius 2 is 1.83 bits per heavy atom. The Balaban J connectivity index is 1.78. The number of benzene rings is 2. The normalized spacial score (nSPS) is 13.2. The summed E-state index contributed by atoms with van der Waals surface area (Å²) in [6, 6.07) is 16.5. The van der Waals surface area contributed by atoms with Crippen LogP contribution in [0.1, 0.15) is 12.5 Å². The molecule has 1 N–H and O–H groups in total. The van der Waals surface area contributed by atoms with Crippen LogP contribution < -0.4 is 5.32 Å². The lowest BCUT2D eigenvalue weighted by Gasteiger charge is -2.27. The van der Waals surface area contributed by atoms with Crippen LogP contribution in [0.25, 0.3) is 11.5 Å². The van der Waals surface area contributed by atoms with E-state index in [1.54, 1.807) is 31.2 Å². The minimum absolute atomic E-state index is 0.248. The molecule has 1 aromatic heterocycles. The van der Waals surface area contributed by atoms with Gasteiger partial charge in [0.1, 0.15) is 0 Å². The zero-order valence-electron chi connectivity index (χ0n) is 13.4. The Morgan fingerprint density at radius 1 is 1.12 bits per heavy atom. The third kappa shape index (κ3) is 3.04. The van der Waals surface area contributed by atoms with Crippen LogP contribution in [0.4, 0.5) is 5.69 Å². The van der Waals surface area contributed by atoms with Crippen LogP contribution in [0, 0.1) is 0 Å². The van der Waals surface area contributed by atoms with Crippen molar-refractivity contribution in [2.75, 3.05) is 12.4 Å². The Hall–Kier alpha value is -2.99. The molecule has 2 aromatic carbocycles. The lowest BCUT2D eigenvalue weighted by Crippen LogP contribution is -2.39. The predicted molar refractivity (Wildman–Crippen MR) is 89.2 cm³/mol. The highest BCUT2D eigenvalue weighted by Crippen LogP contribution is 2.27. The molecular weight excluding hydrogens is 306 g/mol. The topological polar surface area (TPSA) is 77.2 Å². The van der Waals surface area contributed by atoms with Crippen molar-refractivity contribution >= 4 is 11.6 Å². The summed E-state index contributed by atoms with van der Waals surface area (Å²) >= 11 is 0. The van der Waals surface area contributed by atoms with Gasteiger partial charge in [0.25, 0.3) is 5.91 Å². The Morgan fingerprint density at radius 3 is 2.42 bits per heavy atom. The van der Waals surface area contributed by atoms with Gasteiger partial charge in [-0.2, -0.15) is 0 Å². The van der Waals surface area contributed by atoms with Crippen LogP contribution in [-0.4, -0.2) is 23.2 Å². The second-order valence-electron chi connectivity index (χ2n) is 5.38. The molecule has 0 aliphatic rings. The lowest BCUT2D eigenvalue weighted by atomic mass is 9.94. The molecular formula is C18H17N3O3. The van der Waals surface area contributed by atoms with E-state index >= 15 is 0 Å². The van der Waals surface area contributed by atoms with Crippen LogP contribution in [-0.2, 0) is 15.1 Å². The minimum atomic E-state index is -1.08. The Kier molecular flexibility index (Phi) is 4.39. The van der Waals surface area contributed by atoms with Gasteiger partial charge >= 0.3 is 0 Å². The third-order valence-electron chi connectivity index (χ3n) is 3.92. The van der Waals surface area contributed by atoms with Crippen molar-refractivity contribution in [2.45, 2.75) is 12.5 Å². The maximum atomic E-state index is 12.7. The fraction of sp³-hybridized carbons (Fsp3) is 0.167. The van der Waals surface area contributed by atoms with Gasteiger partial charge in [0, 0.05) is 18.4 Å². The van der Waals surface area contributed by atoms with E-state index in [0.717, 1.165) is 11.1 Å². The molecule has 0 aliphatic heterocycles. The second-order valence-corrected chi connectivity index (χ2v) is 5.38. The summed E-state index contributed by atoms with van der Waals surface area (Å²) in [5, 5.41) is 10.4. The van der Waals surface area contributed by atoms with E-state index in [0.29, 0.717) is 11.6 Å². The van der Waals surface area contributed by atoms with E-state index in [1.807, 2.05) is 30.3 Å². The SMILES string of the molecule is CO[C@](C)(C(=O)Nc1ccc(-c2nnco2)cc1)c1ccccc1. The maximum Gasteiger partial charge on any atom is 0.260 e. The number of hydrogen-bond acceptors (Lipinski definition) is 5. The number of ether oxygens (including phenoxy) is 1. The van der Waals surface area contributed by atoms with E-state index in [9.17, 15) is 4.79 Å². The van der Waals surface area contributed by atoms with Crippen molar-refractivity contribution in [3.8, 4) is 11.5 Å². The largest absolute Gasteiger partial charge is 0.423 e. The molecule has 122 valence electrons. The molecule has 0 saturated heterocycles. The van der Waals surface area contributed by atoms with Gasteiger partial charge in [-0.15, -0.1) is 10.2 Å². The molecule has 6 nitrogen and oxygen atoms in total. The van der Waals surface area contributed by atoms with E-state index in [4.69, 9.17) is 9.15 Å². The fourth-order valence-electron chi connectivity index (χ4n) is 2.34. The van der Waals surface area contributed by atoms with Gasteiger partial charge in [0.2, 0.25) is 12.3 Å². The summed E-state index contributed by atoms with van der Waals surface area (Å²) in [6.07, 6.45) is 1.27. The number of methoxy groups -OCH3 is 1. The molecule has 3 rings (SSSR count). The summed E-state index contributed by atoms with van der Waals surface area (Å²) in [4.78, 5) is 12.7. The number of anilines is 1. The summed E-state index contributed by atoms with van der Waals surface area (Å²) in [7, 11) is 1.52. The number of nitrogens with zero attached hydrogens (tertiary/aromatic N) is 2. The van der Waals surface area contributed by atoms with Crippen molar-refractivity contribution in [1.29, 1.82) is 0 Å². The molecule has 0 aliphatic carbocycles. The maximum absolute atomic E-state index is 12.7. The van der Waals surface area contributed by atoms with Gasteiger partial charge in [-0.1, -0.05) is 30.3 Å². The van der Waals surface area contributed by atoms with Gasteiger partial charge in [0.05, 0.1) is 0 Å². The predicted octanol–water partition coefficient (Wildman–Crippen LogP) is 3.24. The minimum Gasteiger partial charge on any atom is -0.423 e. The lowest BCUT2D eigenvalue weighted by molar-refractivity contribution is -0.136. The molecule has 6 heteroatoms. The molecule has 0 spiro atoms. The molecule has 1 atom stereocenters. The van der Waals surface area contributed by atoms with E-state index in [2.05, 4.69) is 15.5 Å². The van der Waals surface area contributed by atoms with Crippen molar-refractivity contribution in [2.24, 2.45) is 0 Å². The van der Waals surface area contributed by atoms with E-state index < -0.39 is 5.60 Å². The first-order chi connectivity index (χ1) is 11.6. The molecule has 3 aromatic rings. The van der Waals surface area contributed by atoms with E-state index in [-0.39, 0.29) is 5.91 Å². The van der Waals surface area contributed by atoms with Gasteiger partial charge in [-0.05, 0) is 36.8 Å². The Labute approximate surface area is 139 Å². The summed E-state index contributed by atoms with van der Waals surface area (Å²) < 4.78 is 10.6. The zero-order chi connectivity index (χ0) is 17.0. The number of nitrogens with one attached hydrogen (secondary N) is 1. The summed E-state index contributed by atoms with van der Waals surface area (Å²) in [5.74, 6) is 0.181. The highest BCUT2D eigenvalue weighted by Gasteiger charge is 2.35. The summed E-state index contributed by atoms with van der Waals surface area (Å²) in [5.41, 5.74) is 1.14. The molecule has 1 heterocycles. The highest BCUT2D eigenvalue weighted by molar-refractivity contribution is 5.97. The third-order valence-corrected chi connectivity index (χ3v) is 3.92. The smallest absolute Gasteiger partial charge is 0.260 e. The standard InChI is InChI=1S/C18H17N3O3/c1-18(23-2,14-6-4-3-5-7-14)17(22)20-15-10-8-13(9-11-15)16-21-19-12-24-16/h3-12H,1-2H3,(H,20,22)/t18-/m0/s1. The monoisotopic (exact) mass is 323 g/mol. The van der Waals surface area contributed by atoms with Gasteiger partial charge in [0.15, 0.2) is 5.60 Å². The fourth-order valence-corrected chi connectivity index (χ4v) is 2.34. The van der Waals surface area contributed by atoms with Crippen LogP contribution in [0.3, 0.4) is 0 Å². The van der Waals surface area contributed by atoms with Crippen molar-refractivity contribution < 1.29 is 13.9 Å². The number of carbonyl (C=O) groups is 1. The Bertz CT molecular complexity index is 801.